The van der Waals surface area contributed by atoms with Gasteiger partial charge in [0, 0.05) is 17.3 Å². The number of aromatic nitrogens is 1. The fraction of sp³-hybridized carbons (Fsp3) is 0.105. The number of hydrogen-bond acceptors (Lipinski definition) is 5. The number of hydrogen-bond donors (Lipinski definition) is 2. The summed E-state index contributed by atoms with van der Waals surface area (Å²) in [6.45, 7) is 0. The summed E-state index contributed by atoms with van der Waals surface area (Å²) in [5.74, 6) is 0.383. The zero-order chi connectivity index (χ0) is 18.5. The van der Waals surface area contributed by atoms with Crippen molar-refractivity contribution in [1.29, 1.82) is 0 Å². The number of thiocarbonyl (C=S) groups is 1. The van der Waals surface area contributed by atoms with E-state index < -0.39 is 5.91 Å². The van der Waals surface area contributed by atoms with Gasteiger partial charge in [-0.15, -0.1) is 0 Å². The quantitative estimate of drug-likeness (QED) is 0.689. The van der Waals surface area contributed by atoms with Crippen LogP contribution in [0.2, 0.25) is 0 Å². The predicted octanol–water partition coefficient (Wildman–Crippen LogP) is 3.38. The second-order valence-corrected chi connectivity index (χ2v) is 5.73. The molecule has 0 atom stereocenters. The van der Waals surface area contributed by atoms with Gasteiger partial charge >= 0.3 is 0 Å². The number of benzene rings is 2. The standard InChI is InChI=1S/C19H17N3O3S/c1-24-15-9-4-10-16(25-2)17(15)18(23)22-19(26)21-14-8-3-7-13-12(14)6-5-11-20-13/h3-11H,1-2H3,(H2,21,22,23,26). The molecule has 1 heterocycles. The molecule has 3 rings (SSSR count). The van der Waals surface area contributed by atoms with Crippen molar-refractivity contribution < 1.29 is 14.3 Å². The van der Waals surface area contributed by atoms with Crippen molar-refractivity contribution >= 4 is 39.8 Å². The highest BCUT2D eigenvalue weighted by Crippen LogP contribution is 2.28. The van der Waals surface area contributed by atoms with E-state index in [0.717, 1.165) is 16.6 Å². The molecular formula is C19H17N3O3S. The molecule has 0 aliphatic carbocycles. The lowest BCUT2D eigenvalue weighted by Crippen LogP contribution is -2.34. The lowest BCUT2D eigenvalue weighted by Gasteiger charge is -2.15. The third-order valence-electron chi connectivity index (χ3n) is 3.78. The van der Waals surface area contributed by atoms with Crippen LogP contribution in [0.1, 0.15) is 10.4 Å². The second-order valence-electron chi connectivity index (χ2n) is 5.32. The number of amides is 1. The van der Waals surface area contributed by atoms with Crippen LogP contribution in [0.25, 0.3) is 10.9 Å². The Balaban J connectivity index is 1.81. The molecule has 0 bridgehead atoms. The van der Waals surface area contributed by atoms with Gasteiger partial charge in [-0.3, -0.25) is 15.1 Å². The van der Waals surface area contributed by atoms with Gasteiger partial charge in [-0.1, -0.05) is 12.1 Å². The summed E-state index contributed by atoms with van der Waals surface area (Å²) in [4.78, 5) is 17.0. The van der Waals surface area contributed by atoms with Crippen molar-refractivity contribution in [3.8, 4) is 11.5 Å². The van der Waals surface area contributed by atoms with Crippen LogP contribution >= 0.6 is 12.2 Å². The maximum absolute atomic E-state index is 12.7. The first-order valence-electron chi connectivity index (χ1n) is 7.81. The average Bonchev–Trinajstić information content (AvgIpc) is 2.67. The fourth-order valence-corrected chi connectivity index (χ4v) is 2.81. The maximum Gasteiger partial charge on any atom is 0.264 e. The Morgan fingerprint density at radius 1 is 1.00 bits per heavy atom. The molecule has 0 radical (unpaired) electrons. The van der Waals surface area contributed by atoms with E-state index in [0.29, 0.717) is 11.5 Å². The molecule has 0 saturated carbocycles. The SMILES string of the molecule is COc1cccc(OC)c1C(=O)NC(=S)Nc1cccc2ncccc12. The van der Waals surface area contributed by atoms with Crippen LogP contribution in [0, 0.1) is 0 Å². The molecule has 0 spiro atoms. The van der Waals surface area contributed by atoms with E-state index in [9.17, 15) is 4.79 Å². The van der Waals surface area contributed by atoms with Crippen molar-refractivity contribution in [3.05, 3.63) is 60.3 Å². The number of anilines is 1. The van der Waals surface area contributed by atoms with E-state index in [-0.39, 0.29) is 10.7 Å². The third kappa shape index (κ3) is 3.57. The molecule has 0 saturated heterocycles. The zero-order valence-corrected chi connectivity index (χ0v) is 15.1. The zero-order valence-electron chi connectivity index (χ0n) is 14.3. The Bertz CT molecular complexity index is 948. The lowest BCUT2D eigenvalue weighted by atomic mass is 10.1. The normalized spacial score (nSPS) is 10.2. The molecule has 6 nitrogen and oxygen atoms in total. The first kappa shape index (κ1) is 17.6. The first-order chi connectivity index (χ1) is 12.6. The molecule has 0 fully saturated rings. The number of carbonyl (C=O) groups is 1. The predicted molar refractivity (Wildman–Crippen MR) is 105 cm³/mol. The third-order valence-corrected chi connectivity index (χ3v) is 3.98. The molecule has 26 heavy (non-hydrogen) atoms. The lowest BCUT2D eigenvalue weighted by molar-refractivity contribution is 0.0971. The summed E-state index contributed by atoms with van der Waals surface area (Å²) < 4.78 is 10.5. The highest BCUT2D eigenvalue weighted by Gasteiger charge is 2.19. The Morgan fingerprint density at radius 2 is 1.69 bits per heavy atom. The molecule has 2 N–H and O–H groups in total. The molecule has 132 valence electrons. The van der Waals surface area contributed by atoms with E-state index in [4.69, 9.17) is 21.7 Å². The number of nitrogens with one attached hydrogen (secondary N) is 2. The highest BCUT2D eigenvalue weighted by atomic mass is 32.1. The minimum Gasteiger partial charge on any atom is -0.496 e. The monoisotopic (exact) mass is 367 g/mol. The van der Waals surface area contributed by atoms with Crippen molar-refractivity contribution in [2.45, 2.75) is 0 Å². The number of carbonyl (C=O) groups excluding carboxylic acids is 1. The number of ether oxygens (including phenoxy) is 2. The van der Waals surface area contributed by atoms with Crippen LogP contribution < -0.4 is 20.1 Å². The largest absolute Gasteiger partial charge is 0.496 e. The Labute approximate surface area is 156 Å². The van der Waals surface area contributed by atoms with Crippen LogP contribution in [0.15, 0.2) is 54.7 Å². The molecule has 1 aromatic heterocycles. The van der Waals surface area contributed by atoms with Crippen LogP contribution in [0.4, 0.5) is 5.69 Å². The van der Waals surface area contributed by atoms with Gasteiger partial charge in [0.15, 0.2) is 5.11 Å². The topological polar surface area (TPSA) is 72.5 Å². The molecule has 0 aliphatic rings. The van der Waals surface area contributed by atoms with Gasteiger partial charge in [0.2, 0.25) is 0 Å². The minimum absolute atomic E-state index is 0.166. The molecule has 3 aromatic rings. The van der Waals surface area contributed by atoms with Crippen molar-refractivity contribution in [2.75, 3.05) is 19.5 Å². The summed E-state index contributed by atoms with van der Waals surface area (Å²) in [5, 5.41) is 6.77. The number of methoxy groups -OCH3 is 2. The van der Waals surface area contributed by atoms with Crippen molar-refractivity contribution in [2.24, 2.45) is 0 Å². The number of fused-ring (bicyclic) bond motifs is 1. The molecule has 0 aliphatic heterocycles. The molecule has 2 aromatic carbocycles. The summed E-state index contributed by atoms with van der Waals surface area (Å²) in [6.07, 6.45) is 1.72. The summed E-state index contributed by atoms with van der Waals surface area (Å²) in [6, 6.07) is 14.5. The smallest absolute Gasteiger partial charge is 0.264 e. The molecule has 7 heteroatoms. The van der Waals surface area contributed by atoms with Gasteiger partial charge in [0.25, 0.3) is 5.91 Å². The molecule has 1 amide bonds. The van der Waals surface area contributed by atoms with Gasteiger partial charge in [-0.05, 0) is 48.6 Å². The van der Waals surface area contributed by atoms with Crippen molar-refractivity contribution in [3.63, 3.8) is 0 Å². The Kier molecular flexibility index (Phi) is 5.28. The van der Waals surface area contributed by atoms with Crippen LogP contribution in [0.3, 0.4) is 0 Å². The van der Waals surface area contributed by atoms with E-state index >= 15 is 0 Å². The summed E-state index contributed by atoms with van der Waals surface area (Å²) in [5.41, 5.74) is 1.87. The van der Waals surface area contributed by atoms with E-state index in [1.807, 2.05) is 30.3 Å². The first-order valence-corrected chi connectivity index (χ1v) is 8.22. The van der Waals surface area contributed by atoms with Crippen molar-refractivity contribution in [1.82, 2.24) is 10.3 Å². The highest BCUT2D eigenvalue weighted by molar-refractivity contribution is 7.80. The Hall–Kier alpha value is -3.19. The number of rotatable bonds is 4. The number of nitrogens with zero attached hydrogens (tertiary/aromatic N) is 1. The maximum atomic E-state index is 12.7. The van der Waals surface area contributed by atoms with Crippen LogP contribution in [-0.4, -0.2) is 30.2 Å². The average molecular weight is 367 g/mol. The summed E-state index contributed by atoms with van der Waals surface area (Å²) >= 11 is 5.29. The molecule has 0 unspecified atom stereocenters. The van der Waals surface area contributed by atoms with E-state index in [2.05, 4.69) is 15.6 Å². The van der Waals surface area contributed by atoms with Crippen LogP contribution in [-0.2, 0) is 0 Å². The Morgan fingerprint density at radius 3 is 2.38 bits per heavy atom. The van der Waals surface area contributed by atoms with Gasteiger partial charge in [0.05, 0.1) is 19.7 Å². The second kappa shape index (κ2) is 7.79. The van der Waals surface area contributed by atoms with Gasteiger partial charge in [-0.2, -0.15) is 0 Å². The van der Waals surface area contributed by atoms with E-state index in [1.54, 1.807) is 24.4 Å². The molecular weight excluding hydrogens is 350 g/mol. The summed E-state index contributed by atoms with van der Waals surface area (Å²) in [7, 11) is 2.98. The minimum atomic E-state index is -0.421. The fourth-order valence-electron chi connectivity index (χ4n) is 2.61. The number of pyridine rings is 1. The van der Waals surface area contributed by atoms with E-state index in [1.165, 1.54) is 14.2 Å². The van der Waals surface area contributed by atoms with Crippen LogP contribution in [0.5, 0.6) is 11.5 Å². The van der Waals surface area contributed by atoms with Gasteiger partial charge in [-0.25, -0.2) is 0 Å². The van der Waals surface area contributed by atoms with Gasteiger partial charge < -0.3 is 14.8 Å². The van der Waals surface area contributed by atoms with Gasteiger partial charge in [0.1, 0.15) is 17.1 Å².